The SMILES string of the molecule is Cc1noc(-c2cccnc2NCCOc2c(C)cccc2C)n1. The average Bonchev–Trinajstić information content (AvgIpc) is 3.00. The lowest BCUT2D eigenvalue weighted by Gasteiger charge is -2.13. The second-order valence-electron chi connectivity index (χ2n) is 5.54. The van der Waals surface area contributed by atoms with Crippen LogP contribution in [0.3, 0.4) is 0 Å². The van der Waals surface area contributed by atoms with E-state index in [4.69, 9.17) is 9.26 Å². The minimum Gasteiger partial charge on any atom is -0.491 e. The fourth-order valence-corrected chi connectivity index (χ4v) is 2.47. The third-order valence-electron chi connectivity index (χ3n) is 3.62. The summed E-state index contributed by atoms with van der Waals surface area (Å²) in [6.07, 6.45) is 1.72. The van der Waals surface area contributed by atoms with Crippen LogP contribution in [0.25, 0.3) is 11.5 Å². The third kappa shape index (κ3) is 3.53. The summed E-state index contributed by atoms with van der Waals surface area (Å²) in [5.74, 6) is 2.69. The Hall–Kier alpha value is -2.89. The molecular weight excluding hydrogens is 304 g/mol. The van der Waals surface area contributed by atoms with Crippen molar-refractivity contribution in [3.63, 3.8) is 0 Å². The number of hydrogen-bond acceptors (Lipinski definition) is 6. The van der Waals surface area contributed by atoms with E-state index in [1.54, 1.807) is 13.1 Å². The van der Waals surface area contributed by atoms with Gasteiger partial charge < -0.3 is 14.6 Å². The lowest BCUT2D eigenvalue weighted by Crippen LogP contribution is -2.13. The van der Waals surface area contributed by atoms with Gasteiger partial charge in [0, 0.05) is 6.20 Å². The molecule has 0 unspecified atom stereocenters. The van der Waals surface area contributed by atoms with Crippen molar-refractivity contribution in [2.24, 2.45) is 0 Å². The van der Waals surface area contributed by atoms with E-state index in [-0.39, 0.29) is 0 Å². The van der Waals surface area contributed by atoms with E-state index in [2.05, 4.69) is 20.4 Å². The summed E-state index contributed by atoms with van der Waals surface area (Å²) in [7, 11) is 0. The number of pyridine rings is 1. The zero-order valence-corrected chi connectivity index (χ0v) is 14.0. The zero-order valence-electron chi connectivity index (χ0n) is 14.0. The van der Waals surface area contributed by atoms with Gasteiger partial charge in [-0.25, -0.2) is 4.98 Å². The van der Waals surface area contributed by atoms with Crippen LogP contribution in [0.15, 0.2) is 41.1 Å². The Morgan fingerprint density at radius 2 is 1.88 bits per heavy atom. The molecule has 0 radical (unpaired) electrons. The molecule has 0 atom stereocenters. The molecule has 0 spiro atoms. The minimum absolute atomic E-state index is 0.457. The highest BCUT2D eigenvalue weighted by Gasteiger charge is 2.12. The normalized spacial score (nSPS) is 10.6. The molecule has 1 N–H and O–H groups in total. The number of nitrogens with zero attached hydrogens (tertiary/aromatic N) is 3. The average molecular weight is 324 g/mol. The Balaban J connectivity index is 1.64. The summed E-state index contributed by atoms with van der Waals surface area (Å²) in [5.41, 5.74) is 3.05. The van der Waals surface area contributed by atoms with Gasteiger partial charge in [-0.05, 0) is 44.0 Å². The smallest absolute Gasteiger partial charge is 0.261 e. The summed E-state index contributed by atoms with van der Waals surface area (Å²) < 4.78 is 11.1. The minimum atomic E-state index is 0.457. The molecule has 0 saturated heterocycles. The van der Waals surface area contributed by atoms with Crippen LogP contribution in [0.5, 0.6) is 5.75 Å². The van der Waals surface area contributed by atoms with E-state index < -0.39 is 0 Å². The second kappa shape index (κ2) is 7.12. The van der Waals surface area contributed by atoms with Gasteiger partial charge in [0.2, 0.25) is 0 Å². The number of benzene rings is 1. The van der Waals surface area contributed by atoms with Crippen molar-refractivity contribution >= 4 is 5.82 Å². The van der Waals surface area contributed by atoms with Gasteiger partial charge in [-0.15, -0.1) is 0 Å². The molecular formula is C18H20N4O2. The summed E-state index contributed by atoms with van der Waals surface area (Å²) in [5, 5.41) is 7.09. The number of anilines is 1. The van der Waals surface area contributed by atoms with Crippen molar-refractivity contribution in [3.05, 3.63) is 53.5 Å². The molecule has 1 aromatic carbocycles. The maximum atomic E-state index is 5.90. The molecule has 0 aliphatic rings. The van der Waals surface area contributed by atoms with Crippen molar-refractivity contribution in [1.29, 1.82) is 0 Å². The molecule has 0 amide bonds. The number of nitrogens with one attached hydrogen (secondary N) is 1. The van der Waals surface area contributed by atoms with E-state index in [0.717, 1.165) is 22.4 Å². The first-order valence-corrected chi connectivity index (χ1v) is 7.84. The predicted molar refractivity (Wildman–Crippen MR) is 92.2 cm³/mol. The zero-order chi connectivity index (χ0) is 16.9. The fraction of sp³-hybridized carbons (Fsp3) is 0.278. The standard InChI is InChI=1S/C18H20N4O2/c1-12-6-4-7-13(2)16(12)23-11-10-20-17-15(8-5-9-19-17)18-21-14(3)22-24-18/h4-9H,10-11H2,1-3H3,(H,19,20). The van der Waals surface area contributed by atoms with Crippen LogP contribution in [-0.2, 0) is 0 Å². The third-order valence-corrected chi connectivity index (χ3v) is 3.62. The molecule has 6 heteroatoms. The monoisotopic (exact) mass is 324 g/mol. The first-order chi connectivity index (χ1) is 11.6. The Labute approximate surface area is 140 Å². The van der Waals surface area contributed by atoms with Gasteiger partial charge in [-0.2, -0.15) is 4.98 Å². The van der Waals surface area contributed by atoms with Crippen molar-refractivity contribution in [3.8, 4) is 17.2 Å². The number of hydrogen-bond donors (Lipinski definition) is 1. The highest BCUT2D eigenvalue weighted by atomic mass is 16.5. The highest BCUT2D eigenvalue weighted by molar-refractivity contribution is 5.68. The molecule has 3 aromatic rings. The van der Waals surface area contributed by atoms with Crippen LogP contribution in [0, 0.1) is 20.8 Å². The molecule has 2 heterocycles. The molecule has 6 nitrogen and oxygen atoms in total. The lowest BCUT2D eigenvalue weighted by molar-refractivity contribution is 0.328. The van der Waals surface area contributed by atoms with E-state index in [9.17, 15) is 0 Å². The van der Waals surface area contributed by atoms with Crippen LogP contribution in [0.2, 0.25) is 0 Å². The first kappa shape index (κ1) is 16.0. The first-order valence-electron chi connectivity index (χ1n) is 7.84. The largest absolute Gasteiger partial charge is 0.491 e. The lowest BCUT2D eigenvalue weighted by atomic mass is 10.1. The number of aryl methyl sites for hydroxylation is 3. The maximum Gasteiger partial charge on any atom is 0.261 e. The molecule has 0 fully saturated rings. The van der Waals surface area contributed by atoms with Crippen molar-refractivity contribution in [1.82, 2.24) is 15.1 Å². The van der Waals surface area contributed by atoms with E-state index >= 15 is 0 Å². The Morgan fingerprint density at radius 3 is 2.58 bits per heavy atom. The Kier molecular flexibility index (Phi) is 4.74. The highest BCUT2D eigenvalue weighted by Crippen LogP contribution is 2.24. The molecule has 0 aliphatic heterocycles. The van der Waals surface area contributed by atoms with Crippen LogP contribution in [-0.4, -0.2) is 28.3 Å². The predicted octanol–water partition coefficient (Wildman–Crippen LogP) is 3.55. The summed E-state index contributed by atoms with van der Waals surface area (Å²) in [6, 6.07) is 9.86. The van der Waals surface area contributed by atoms with E-state index in [1.165, 1.54) is 0 Å². The van der Waals surface area contributed by atoms with Gasteiger partial charge in [-0.3, -0.25) is 0 Å². The Morgan fingerprint density at radius 1 is 1.08 bits per heavy atom. The van der Waals surface area contributed by atoms with Crippen LogP contribution in [0.1, 0.15) is 17.0 Å². The summed E-state index contributed by atoms with van der Waals surface area (Å²) in [4.78, 5) is 8.60. The van der Waals surface area contributed by atoms with Crippen molar-refractivity contribution < 1.29 is 9.26 Å². The van der Waals surface area contributed by atoms with E-state index in [1.807, 2.05) is 44.2 Å². The molecule has 2 aromatic heterocycles. The number of para-hydroxylation sites is 1. The second-order valence-corrected chi connectivity index (χ2v) is 5.54. The summed E-state index contributed by atoms with van der Waals surface area (Å²) >= 11 is 0. The number of rotatable bonds is 6. The molecule has 24 heavy (non-hydrogen) atoms. The van der Waals surface area contributed by atoms with Gasteiger partial charge in [0.1, 0.15) is 18.2 Å². The molecule has 0 bridgehead atoms. The topological polar surface area (TPSA) is 73.1 Å². The number of ether oxygens (including phenoxy) is 1. The van der Waals surface area contributed by atoms with Crippen LogP contribution < -0.4 is 10.1 Å². The fourth-order valence-electron chi connectivity index (χ4n) is 2.47. The van der Waals surface area contributed by atoms with Crippen LogP contribution in [0.4, 0.5) is 5.82 Å². The molecule has 3 rings (SSSR count). The molecule has 0 aliphatic carbocycles. The maximum absolute atomic E-state index is 5.90. The van der Waals surface area contributed by atoms with Gasteiger partial charge in [-0.1, -0.05) is 23.4 Å². The van der Waals surface area contributed by atoms with Gasteiger partial charge in [0.25, 0.3) is 5.89 Å². The molecule has 124 valence electrons. The van der Waals surface area contributed by atoms with Crippen molar-refractivity contribution in [2.75, 3.05) is 18.5 Å². The molecule has 0 saturated carbocycles. The summed E-state index contributed by atoms with van der Waals surface area (Å²) in [6.45, 7) is 7.03. The van der Waals surface area contributed by atoms with Gasteiger partial charge in [0.15, 0.2) is 5.82 Å². The Bertz CT molecular complexity index is 809. The number of aromatic nitrogens is 3. The van der Waals surface area contributed by atoms with Crippen molar-refractivity contribution in [2.45, 2.75) is 20.8 Å². The van der Waals surface area contributed by atoms with Gasteiger partial charge in [0.05, 0.1) is 12.1 Å². The van der Waals surface area contributed by atoms with Gasteiger partial charge >= 0.3 is 0 Å². The van der Waals surface area contributed by atoms with Crippen LogP contribution >= 0.6 is 0 Å². The quantitative estimate of drug-likeness (QED) is 0.699. The van der Waals surface area contributed by atoms with E-state index in [0.29, 0.717) is 30.7 Å².